The molecule has 1 aromatic rings. The predicted octanol–water partition coefficient (Wildman–Crippen LogP) is 4.20. The summed E-state index contributed by atoms with van der Waals surface area (Å²) in [4.78, 5) is 1.35. The Balaban J connectivity index is 1.72. The molecule has 0 amide bonds. The van der Waals surface area contributed by atoms with E-state index in [1.165, 1.54) is 23.3 Å². The zero-order chi connectivity index (χ0) is 12.8. The van der Waals surface area contributed by atoms with E-state index in [4.69, 9.17) is 0 Å². The van der Waals surface area contributed by atoms with Gasteiger partial charge in [0.15, 0.2) is 0 Å². The van der Waals surface area contributed by atoms with Crippen molar-refractivity contribution < 1.29 is 5.11 Å². The van der Waals surface area contributed by atoms with Crippen molar-refractivity contribution >= 4 is 11.8 Å². The zero-order valence-corrected chi connectivity index (χ0v) is 11.7. The van der Waals surface area contributed by atoms with E-state index in [-0.39, 0.29) is 6.10 Å². The van der Waals surface area contributed by atoms with Crippen LogP contribution in [-0.4, -0.2) is 16.5 Å². The third-order valence-corrected chi connectivity index (χ3v) is 4.95. The lowest BCUT2D eigenvalue weighted by Gasteiger charge is -2.16. The molecular formula is C16H22OS. The second-order valence-corrected chi connectivity index (χ2v) is 6.24. The summed E-state index contributed by atoms with van der Waals surface area (Å²) in [7, 11) is 0. The number of aliphatic hydroxyl groups excluding tert-OH is 1. The van der Waals surface area contributed by atoms with Crippen molar-refractivity contribution in [2.24, 2.45) is 0 Å². The molecule has 1 aromatic carbocycles. The van der Waals surface area contributed by atoms with Crippen LogP contribution in [0.5, 0.6) is 0 Å². The molecule has 2 unspecified atom stereocenters. The largest absolute Gasteiger partial charge is 0.392 e. The van der Waals surface area contributed by atoms with Crippen LogP contribution in [-0.2, 0) is 6.42 Å². The number of allylic oxidation sites excluding steroid dienone is 1. The van der Waals surface area contributed by atoms with Gasteiger partial charge in [0, 0.05) is 10.1 Å². The van der Waals surface area contributed by atoms with Crippen LogP contribution >= 0.6 is 11.8 Å². The Morgan fingerprint density at radius 1 is 1.33 bits per heavy atom. The van der Waals surface area contributed by atoms with E-state index in [1.54, 1.807) is 0 Å². The quantitative estimate of drug-likeness (QED) is 0.587. The Morgan fingerprint density at radius 3 is 2.94 bits per heavy atom. The number of fused-ring (bicyclic) bond motifs is 1. The van der Waals surface area contributed by atoms with Crippen molar-refractivity contribution in [3.8, 4) is 0 Å². The summed E-state index contributed by atoms with van der Waals surface area (Å²) in [5, 5.41) is 10.6. The van der Waals surface area contributed by atoms with Gasteiger partial charge in [0.2, 0.25) is 0 Å². The van der Waals surface area contributed by atoms with Gasteiger partial charge in [-0.1, -0.05) is 37.1 Å². The second kappa shape index (κ2) is 7.01. The van der Waals surface area contributed by atoms with Crippen LogP contribution in [0.4, 0.5) is 0 Å². The van der Waals surface area contributed by atoms with Gasteiger partial charge in [0.1, 0.15) is 0 Å². The van der Waals surface area contributed by atoms with E-state index in [0.29, 0.717) is 5.25 Å². The summed E-state index contributed by atoms with van der Waals surface area (Å²) in [6, 6.07) is 8.51. The lowest BCUT2D eigenvalue weighted by molar-refractivity contribution is 0.158. The number of rotatable bonds is 7. The van der Waals surface area contributed by atoms with Crippen LogP contribution < -0.4 is 0 Å². The number of unbranched alkanes of at least 4 members (excludes halogenated alkanes) is 3. The Kier molecular flexibility index (Phi) is 5.33. The molecule has 1 nitrogen and oxygen atoms in total. The summed E-state index contributed by atoms with van der Waals surface area (Å²) < 4.78 is 0. The van der Waals surface area contributed by atoms with Crippen LogP contribution in [0.1, 0.15) is 37.7 Å². The molecule has 0 saturated heterocycles. The van der Waals surface area contributed by atoms with Gasteiger partial charge in [0.25, 0.3) is 0 Å². The van der Waals surface area contributed by atoms with Gasteiger partial charge in [-0.2, -0.15) is 0 Å². The summed E-state index contributed by atoms with van der Waals surface area (Å²) in [5.41, 5.74) is 1.40. The Morgan fingerprint density at radius 2 is 2.17 bits per heavy atom. The van der Waals surface area contributed by atoms with Crippen molar-refractivity contribution in [2.75, 3.05) is 0 Å². The number of thioether (sulfide) groups is 1. The first kappa shape index (κ1) is 13.7. The van der Waals surface area contributed by atoms with Crippen molar-refractivity contribution in [3.63, 3.8) is 0 Å². The van der Waals surface area contributed by atoms with Crippen LogP contribution in [0.15, 0.2) is 41.8 Å². The Hall–Kier alpha value is -0.730. The highest BCUT2D eigenvalue weighted by Gasteiger charge is 2.27. The van der Waals surface area contributed by atoms with Gasteiger partial charge in [-0.25, -0.2) is 0 Å². The van der Waals surface area contributed by atoms with E-state index in [0.717, 1.165) is 25.7 Å². The minimum Gasteiger partial charge on any atom is -0.392 e. The van der Waals surface area contributed by atoms with E-state index >= 15 is 0 Å². The highest BCUT2D eigenvalue weighted by molar-refractivity contribution is 8.00. The molecule has 98 valence electrons. The number of aliphatic hydroxyl groups is 1. The molecule has 0 radical (unpaired) electrons. The maximum Gasteiger partial charge on any atom is 0.0665 e. The molecule has 1 N–H and O–H groups in total. The second-order valence-electron chi connectivity index (χ2n) is 4.96. The Labute approximate surface area is 114 Å². The fourth-order valence-corrected chi connectivity index (χ4v) is 3.77. The maximum atomic E-state index is 10.2. The maximum absolute atomic E-state index is 10.2. The first-order valence-corrected chi connectivity index (χ1v) is 7.72. The molecule has 0 aromatic heterocycles. The van der Waals surface area contributed by atoms with E-state index in [1.807, 2.05) is 17.8 Å². The van der Waals surface area contributed by atoms with Crippen molar-refractivity contribution in [2.45, 2.75) is 54.8 Å². The van der Waals surface area contributed by atoms with Crippen molar-refractivity contribution in [1.82, 2.24) is 0 Å². The molecule has 18 heavy (non-hydrogen) atoms. The summed E-state index contributed by atoms with van der Waals surface area (Å²) in [6.45, 7) is 3.73. The lowest BCUT2D eigenvalue weighted by atomic mass is 10.0. The zero-order valence-electron chi connectivity index (χ0n) is 10.8. The van der Waals surface area contributed by atoms with E-state index < -0.39 is 0 Å². The van der Waals surface area contributed by atoms with Crippen molar-refractivity contribution in [1.29, 1.82) is 0 Å². The van der Waals surface area contributed by atoms with Crippen LogP contribution in [0.3, 0.4) is 0 Å². The lowest BCUT2D eigenvalue weighted by Crippen LogP contribution is -2.22. The van der Waals surface area contributed by atoms with Crippen molar-refractivity contribution in [3.05, 3.63) is 42.5 Å². The molecule has 0 bridgehead atoms. The molecule has 0 spiro atoms. The monoisotopic (exact) mass is 262 g/mol. The first-order valence-electron chi connectivity index (χ1n) is 6.85. The van der Waals surface area contributed by atoms with Gasteiger partial charge in [-0.15, -0.1) is 18.3 Å². The third kappa shape index (κ3) is 3.63. The number of hydrogen-bond donors (Lipinski definition) is 1. The molecule has 1 aliphatic heterocycles. The van der Waals surface area contributed by atoms with Gasteiger partial charge < -0.3 is 5.11 Å². The van der Waals surface area contributed by atoms with E-state index in [2.05, 4.69) is 30.8 Å². The minimum absolute atomic E-state index is 0.161. The van der Waals surface area contributed by atoms with Gasteiger partial charge in [0.05, 0.1) is 6.10 Å². The van der Waals surface area contributed by atoms with Crippen LogP contribution in [0.2, 0.25) is 0 Å². The fourth-order valence-electron chi connectivity index (χ4n) is 2.43. The topological polar surface area (TPSA) is 20.2 Å². The molecule has 0 fully saturated rings. The molecule has 2 heteroatoms. The molecular weight excluding hydrogens is 240 g/mol. The van der Waals surface area contributed by atoms with Gasteiger partial charge in [-0.3, -0.25) is 0 Å². The highest BCUT2D eigenvalue weighted by Crippen LogP contribution is 2.39. The highest BCUT2D eigenvalue weighted by atomic mass is 32.2. The summed E-state index contributed by atoms with van der Waals surface area (Å²) in [5.74, 6) is 0. The average molecular weight is 262 g/mol. The molecule has 2 rings (SSSR count). The molecule has 0 saturated carbocycles. The fraction of sp³-hybridized carbons (Fsp3) is 0.500. The van der Waals surface area contributed by atoms with Crippen LogP contribution in [0.25, 0.3) is 0 Å². The van der Waals surface area contributed by atoms with Gasteiger partial charge >= 0.3 is 0 Å². The molecule has 1 aliphatic rings. The normalized spacial score (nSPS) is 19.5. The number of hydrogen-bond acceptors (Lipinski definition) is 2. The predicted molar refractivity (Wildman–Crippen MR) is 79.1 cm³/mol. The van der Waals surface area contributed by atoms with E-state index in [9.17, 15) is 5.11 Å². The molecule has 2 atom stereocenters. The average Bonchev–Trinajstić information content (AvgIpc) is 2.82. The number of benzene rings is 1. The minimum atomic E-state index is -0.161. The molecule has 1 heterocycles. The van der Waals surface area contributed by atoms with Gasteiger partial charge in [-0.05, 0) is 37.3 Å². The summed E-state index contributed by atoms with van der Waals surface area (Å²) in [6.07, 6.45) is 8.40. The smallest absolute Gasteiger partial charge is 0.0665 e. The molecule has 0 aliphatic carbocycles. The van der Waals surface area contributed by atoms with Crippen LogP contribution in [0, 0.1) is 0 Å². The SMILES string of the molecule is C=CCCCCCC(O)C1Cc2ccccc2S1. The Bertz CT molecular complexity index is 363. The first-order chi connectivity index (χ1) is 8.81. The third-order valence-electron chi connectivity index (χ3n) is 3.51. The standard InChI is InChI=1S/C16H22OS/c1-2-3-4-5-6-10-14(17)16-12-13-9-7-8-11-15(13)18-16/h2,7-9,11,14,16-17H,1,3-6,10,12H2. The summed E-state index contributed by atoms with van der Waals surface area (Å²) >= 11 is 1.85.